The second-order valence-electron chi connectivity index (χ2n) is 5.25. The third kappa shape index (κ3) is 3.58. The molecule has 0 unspecified atom stereocenters. The molecule has 0 saturated carbocycles. The van der Waals surface area contributed by atoms with Crippen LogP contribution in [0.4, 0.5) is 0 Å². The van der Waals surface area contributed by atoms with Crippen molar-refractivity contribution in [1.82, 2.24) is 4.98 Å². The topological polar surface area (TPSA) is 39.2 Å². The molecule has 3 nitrogen and oxygen atoms in total. The van der Waals surface area contributed by atoms with Crippen LogP contribution in [0.5, 0.6) is 0 Å². The van der Waals surface area contributed by atoms with Gasteiger partial charge in [0, 0.05) is 11.8 Å². The largest absolute Gasteiger partial charge is 0.465 e. The highest BCUT2D eigenvalue weighted by atomic mass is 16.5. The zero-order valence-electron chi connectivity index (χ0n) is 13.3. The lowest BCUT2D eigenvalue weighted by Crippen LogP contribution is -2.00. The number of benzene rings is 2. The fraction of sp³-hybridized carbons (Fsp3) is 0.0476. The number of nitrogens with zero attached hydrogens (tertiary/aromatic N) is 1. The average Bonchev–Trinajstić information content (AvgIpc) is 2.67. The van der Waals surface area contributed by atoms with Crippen LogP contribution >= 0.6 is 0 Å². The van der Waals surface area contributed by atoms with E-state index in [4.69, 9.17) is 4.74 Å². The first-order chi connectivity index (χ1) is 11.8. The van der Waals surface area contributed by atoms with E-state index in [1.165, 1.54) is 7.11 Å². The fourth-order valence-electron chi connectivity index (χ4n) is 2.43. The van der Waals surface area contributed by atoms with Crippen molar-refractivity contribution in [3.63, 3.8) is 0 Å². The van der Waals surface area contributed by atoms with Crippen LogP contribution in [-0.4, -0.2) is 18.1 Å². The quantitative estimate of drug-likeness (QED) is 0.517. The Labute approximate surface area is 141 Å². The predicted octanol–water partition coefficient (Wildman–Crippen LogP) is 4.71. The van der Waals surface area contributed by atoms with E-state index in [2.05, 4.69) is 23.2 Å². The molecule has 0 bridgehead atoms. The summed E-state index contributed by atoms with van der Waals surface area (Å²) in [6.45, 7) is 0. The van der Waals surface area contributed by atoms with Gasteiger partial charge in [-0.3, -0.25) is 4.98 Å². The van der Waals surface area contributed by atoms with Crippen molar-refractivity contribution in [3.05, 3.63) is 89.6 Å². The molecule has 0 N–H and O–H groups in total. The molecule has 0 amide bonds. The molecule has 0 spiro atoms. The summed E-state index contributed by atoms with van der Waals surface area (Å²) in [7, 11) is 1.38. The molecule has 118 valence electrons. The van der Waals surface area contributed by atoms with Gasteiger partial charge in [0.15, 0.2) is 0 Å². The average molecular weight is 315 g/mol. The van der Waals surface area contributed by atoms with Crippen LogP contribution in [0.3, 0.4) is 0 Å². The van der Waals surface area contributed by atoms with Crippen molar-refractivity contribution in [3.8, 4) is 11.3 Å². The molecule has 1 aromatic heterocycles. The Morgan fingerprint density at radius 2 is 1.67 bits per heavy atom. The van der Waals surface area contributed by atoms with Crippen molar-refractivity contribution in [2.24, 2.45) is 0 Å². The van der Waals surface area contributed by atoms with Crippen LogP contribution in [0.1, 0.15) is 21.5 Å². The Morgan fingerprint density at radius 1 is 0.917 bits per heavy atom. The van der Waals surface area contributed by atoms with Crippen LogP contribution < -0.4 is 0 Å². The van der Waals surface area contributed by atoms with Crippen LogP contribution in [0.15, 0.2) is 72.9 Å². The Balaban J connectivity index is 1.86. The molecule has 0 fully saturated rings. The van der Waals surface area contributed by atoms with E-state index in [1.807, 2.05) is 48.5 Å². The number of ether oxygens (including phenoxy) is 1. The zero-order chi connectivity index (χ0) is 16.8. The van der Waals surface area contributed by atoms with Gasteiger partial charge < -0.3 is 4.74 Å². The lowest BCUT2D eigenvalue weighted by molar-refractivity contribution is 0.0600. The van der Waals surface area contributed by atoms with Crippen LogP contribution in [0.25, 0.3) is 23.4 Å². The summed E-state index contributed by atoms with van der Waals surface area (Å²) in [6, 6.07) is 21.3. The third-order valence-corrected chi connectivity index (χ3v) is 3.69. The van der Waals surface area contributed by atoms with Crippen molar-refractivity contribution in [2.45, 2.75) is 0 Å². The van der Waals surface area contributed by atoms with Gasteiger partial charge in [-0.05, 0) is 35.4 Å². The summed E-state index contributed by atoms with van der Waals surface area (Å²) in [6.07, 6.45) is 5.86. The van der Waals surface area contributed by atoms with Gasteiger partial charge in [0.05, 0.1) is 18.4 Å². The molecule has 2 aromatic carbocycles. The highest BCUT2D eigenvalue weighted by molar-refractivity contribution is 5.89. The number of esters is 1. The summed E-state index contributed by atoms with van der Waals surface area (Å²) in [4.78, 5) is 15.9. The highest BCUT2D eigenvalue weighted by Gasteiger charge is 2.04. The Hall–Kier alpha value is -3.20. The van der Waals surface area contributed by atoms with Gasteiger partial charge in [-0.2, -0.15) is 0 Å². The van der Waals surface area contributed by atoms with Crippen molar-refractivity contribution < 1.29 is 9.53 Å². The number of aromatic nitrogens is 1. The number of carbonyl (C=O) groups excluding carboxylic acids is 1. The number of hydrogen-bond donors (Lipinski definition) is 0. The van der Waals surface area contributed by atoms with E-state index < -0.39 is 0 Å². The molecule has 3 aromatic rings. The van der Waals surface area contributed by atoms with Crippen LogP contribution in [-0.2, 0) is 4.74 Å². The van der Waals surface area contributed by atoms with Gasteiger partial charge in [-0.25, -0.2) is 4.79 Å². The monoisotopic (exact) mass is 315 g/mol. The van der Waals surface area contributed by atoms with Gasteiger partial charge in [0.1, 0.15) is 0 Å². The van der Waals surface area contributed by atoms with E-state index >= 15 is 0 Å². The summed E-state index contributed by atoms with van der Waals surface area (Å²) < 4.78 is 4.71. The number of pyridine rings is 1. The summed E-state index contributed by atoms with van der Waals surface area (Å²) >= 11 is 0. The number of rotatable bonds is 4. The van der Waals surface area contributed by atoms with Gasteiger partial charge in [-0.15, -0.1) is 0 Å². The molecule has 0 aliphatic rings. The maximum atomic E-state index is 11.5. The molecule has 3 rings (SSSR count). The van der Waals surface area contributed by atoms with E-state index in [0.717, 1.165) is 22.4 Å². The molecule has 3 heteroatoms. The Bertz CT molecular complexity index is 853. The van der Waals surface area contributed by atoms with Gasteiger partial charge >= 0.3 is 5.97 Å². The molecular weight excluding hydrogens is 298 g/mol. The first-order valence-corrected chi connectivity index (χ1v) is 7.65. The molecular formula is C21H17NO2. The van der Waals surface area contributed by atoms with Crippen LogP contribution in [0.2, 0.25) is 0 Å². The van der Waals surface area contributed by atoms with Crippen molar-refractivity contribution >= 4 is 18.1 Å². The standard InChI is InChI=1S/C21H17NO2/c1-24-21(23)18-13-10-16(11-14-18)9-12-17-6-2-3-7-19(17)20-8-4-5-15-22-20/h2-15H,1H3/b12-9+. The van der Waals surface area contributed by atoms with Gasteiger partial charge in [0.25, 0.3) is 0 Å². The van der Waals surface area contributed by atoms with E-state index in [0.29, 0.717) is 5.56 Å². The maximum Gasteiger partial charge on any atom is 0.337 e. The molecule has 0 atom stereocenters. The van der Waals surface area contributed by atoms with Crippen LogP contribution in [0, 0.1) is 0 Å². The van der Waals surface area contributed by atoms with E-state index in [9.17, 15) is 4.79 Å². The minimum Gasteiger partial charge on any atom is -0.465 e. The minimum absolute atomic E-state index is 0.328. The number of hydrogen-bond acceptors (Lipinski definition) is 3. The smallest absolute Gasteiger partial charge is 0.337 e. The van der Waals surface area contributed by atoms with Crippen molar-refractivity contribution in [2.75, 3.05) is 7.11 Å². The van der Waals surface area contributed by atoms with E-state index in [-0.39, 0.29) is 5.97 Å². The number of carbonyl (C=O) groups is 1. The molecule has 0 aliphatic carbocycles. The molecule has 0 radical (unpaired) electrons. The first-order valence-electron chi connectivity index (χ1n) is 7.65. The highest BCUT2D eigenvalue weighted by Crippen LogP contribution is 2.23. The molecule has 24 heavy (non-hydrogen) atoms. The lowest BCUT2D eigenvalue weighted by Gasteiger charge is -2.05. The normalized spacial score (nSPS) is 10.7. The zero-order valence-corrected chi connectivity index (χ0v) is 13.3. The first kappa shape index (κ1) is 15.7. The maximum absolute atomic E-state index is 11.5. The van der Waals surface area contributed by atoms with E-state index in [1.54, 1.807) is 18.3 Å². The second-order valence-corrected chi connectivity index (χ2v) is 5.25. The summed E-state index contributed by atoms with van der Waals surface area (Å²) in [5.74, 6) is -0.328. The summed E-state index contributed by atoms with van der Waals surface area (Å²) in [5, 5.41) is 0. The molecule has 0 saturated heterocycles. The van der Waals surface area contributed by atoms with Crippen molar-refractivity contribution in [1.29, 1.82) is 0 Å². The third-order valence-electron chi connectivity index (χ3n) is 3.69. The Kier molecular flexibility index (Phi) is 4.82. The minimum atomic E-state index is -0.328. The SMILES string of the molecule is COC(=O)c1ccc(/C=C/c2ccccc2-c2ccccn2)cc1. The lowest BCUT2D eigenvalue weighted by atomic mass is 10.0. The number of methoxy groups -OCH3 is 1. The predicted molar refractivity (Wildman–Crippen MR) is 96.4 cm³/mol. The second kappa shape index (κ2) is 7.38. The van der Waals surface area contributed by atoms with Gasteiger partial charge in [0.2, 0.25) is 0 Å². The summed E-state index contributed by atoms with van der Waals surface area (Å²) in [5.41, 5.74) is 4.68. The molecule has 1 heterocycles. The molecule has 0 aliphatic heterocycles. The fourth-order valence-corrected chi connectivity index (χ4v) is 2.43. The van der Waals surface area contributed by atoms with Gasteiger partial charge in [-0.1, -0.05) is 54.6 Å². The Morgan fingerprint density at radius 3 is 2.38 bits per heavy atom.